The number of hydrogen-bond donors (Lipinski definition) is 1. The smallest absolute Gasteiger partial charge is 0.253 e. The molecule has 20 heavy (non-hydrogen) atoms. The summed E-state index contributed by atoms with van der Waals surface area (Å²) in [4.78, 5) is 14.5. The van der Waals surface area contributed by atoms with E-state index in [1.54, 1.807) is 7.11 Å². The summed E-state index contributed by atoms with van der Waals surface area (Å²) in [5, 5.41) is 0. The van der Waals surface area contributed by atoms with Crippen LogP contribution in [0.15, 0.2) is 22.7 Å². The van der Waals surface area contributed by atoms with Crippen molar-refractivity contribution in [1.29, 1.82) is 0 Å². The summed E-state index contributed by atoms with van der Waals surface area (Å²) in [7, 11) is 1.61. The lowest BCUT2D eigenvalue weighted by Gasteiger charge is -2.32. The Kier molecular flexibility index (Phi) is 5.43. The molecule has 1 aliphatic rings. The van der Waals surface area contributed by atoms with Crippen molar-refractivity contribution in [3.63, 3.8) is 0 Å². The van der Waals surface area contributed by atoms with E-state index in [1.165, 1.54) is 6.42 Å². The van der Waals surface area contributed by atoms with E-state index in [9.17, 15) is 4.79 Å². The highest BCUT2D eigenvalue weighted by molar-refractivity contribution is 9.10. The van der Waals surface area contributed by atoms with Crippen molar-refractivity contribution in [2.45, 2.75) is 19.3 Å². The van der Waals surface area contributed by atoms with Gasteiger partial charge in [-0.15, -0.1) is 0 Å². The Morgan fingerprint density at radius 2 is 2.35 bits per heavy atom. The van der Waals surface area contributed by atoms with Gasteiger partial charge in [-0.25, -0.2) is 0 Å². The van der Waals surface area contributed by atoms with Gasteiger partial charge in [0.05, 0.1) is 11.6 Å². The number of nitrogens with two attached hydrogens (primary N) is 1. The first kappa shape index (κ1) is 15.3. The van der Waals surface area contributed by atoms with E-state index >= 15 is 0 Å². The summed E-state index contributed by atoms with van der Waals surface area (Å²) in [5.41, 5.74) is 6.32. The molecule has 2 rings (SSSR count). The monoisotopic (exact) mass is 340 g/mol. The molecule has 0 saturated carbocycles. The third-order valence-electron chi connectivity index (χ3n) is 3.78. The second-order valence-electron chi connectivity index (χ2n) is 5.19. The third kappa shape index (κ3) is 3.52. The molecule has 0 aromatic heterocycles. The molecule has 1 amide bonds. The number of piperidine rings is 1. The number of carbonyl (C=O) groups is 1. The quantitative estimate of drug-likeness (QED) is 0.916. The van der Waals surface area contributed by atoms with Gasteiger partial charge in [-0.05, 0) is 65.9 Å². The Labute approximate surface area is 128 Å². The topological polar surface area (TPSA) is 55.6 Å². The molecule has 110 valence electrons. The molecule has 2 N–H and O–H groups in total. The van der Waals surface area contributed by atoms with Gasteiger partial charge in [0.1, 0.15) is 5.75 Å². The number of methoxy groups -OCH3 is 1. The van der Waals surface area contributed by atoms with Crippen LogP contribution in [0.4, 0.5) is 0 Å². The van der Waals surface area contributed by atoms with Crippen LogP contribution in [0.25, 0.3) is 0 Å². The SMILES string of the molecule is COc1ccc(C(=O)N2CCCC(CCN)C2)cc1Br. The number of nitrogens with zero attached hydrogens (tertiary/aromatic N) is 1. The summed E-state index contributed by atoms with van der Waals surface area (Å²) >= 11 is 3.42. The maximum Gasteiger partial charge on any atom is 0.253 e. The van der Waals surface area contributed by atoms with Crippen molar-refractivity contribution >= 4 is 21.8 Å². The highest BCUT2D eigenvalue weighted by atomic mass is 79.9. The molecule has 1 aliphatic heterocycles. The minimum atomic E-state index is 0.0927. The van der Waals surface area contributed by atoms with Crippen LogP contribution in [0.5, 0.6) is 5.75 Å². The zero-order valence-corrected chi connectivity index (χ0v) is 13.4. The zero-order valence-electron chi connectivity index (χ0n) is 11.8. The summed E-state index contributed by atoms with van der Waals surface area (Å²) in [5.74, 6) is 1.37. The van der Waals surface area contributed by atoms with Crippen LogP contribution in [0, 0.1) is 5.92 Å². The first-order chi connectivity index (χ1) is 9.65. The van der Waals surface area contributed by atoms with Gasteiger partial charge in [-0.3, -0.25) is 4.79 Å². The first-order valence-electron chi connectivity index (χ1n) is 6.98. The highest BCUT2D eigenvalue weighted by Gasteiger charge is 2.24. The van der Waals surface area contributed by atoms with Gasteiger partial charge < -0.3 is 15.4 Å². The number of amides is 1. The van der Waals surface area contributed by atoms with Crippen molar-refractivity contribution in [2.24, 2.45) is 11.7 Å². The average Bonchev–Trinajstić information content (AvgIpc) is 2.47. The Hall–Kier alpha value is -1.07. The van der Waals surface area contributed by atoms with Crippen LogP contribution in [-0.2, 0) is 0 Å². The fourth-order valence-corrected chi connectivity index (χ4v) is 3.24. The van der Waals surface area contributed by atoms with Crippen molar-refractivity contribution in [2.75, 3.05) is 26.7 Å². The normalized spacial score (nSPS) is 18.9. The van der Waals surface area contributed by atoms with Crippen LogP contribution in [0.2, 0.25) is 0 Å². The summed E-state index contributed by atoms with van der Waals surface area (Å²) in [6.45, 7) is 2.35. The molecular formula is C15H21BrN2O2. The summed E-state index contributed by atoms with van der Waals surface area (Å²) < 4.78 is 6.00. The molecule has 0 spiro atoms. The number of benzene rings is 1. The van der Waals surface area contributed by atoms with Crippen LogP contribution < -0.4 is 10.5 Å². The van der Waals surface area contributed by atoms with E-state index in [2.05, 4.69) is 15.9 Å². The second-order valence-corrected chi connectivity index (χ2v) is 6.04. The van der Waals surface area contributed by atoms with Crippen LogP contribution in [-0.4, -0.2) is 37.6 Å². The molecule has 1 heterocycles. The number of likely N-dealkylation sites (tertiary alicyclic amines) is 1. The van der Waals surface area contributed by atoms with Crippen LogP contribution in [0.1, 0.15) is 29.6 Å². The predicted molar refractivity (Wildman–Crippen MR) is 83.0 cm³/mol. The Morgan fingerprint density at radius 3 is 3.00 bits per heavy atom. The molecule has 5 heteroatoms. The van der Waals surface area contributed by atoms with Gasteiger partial charge in [0.2, 0.25) is 0 Å². The molecule has 0 aliphatic carbocycles. The van der Waals surface area contributed by atoms with Crippen molar-refractivity contribution < 1.29 is 9.53 Å². The second kappa shape index (κ2) is 7.09. The molecule has 0 radical (unpaired) electrons. The van der Waals surface area contributed by atoms with Gasteiger partial charge >= 0.3 is 0 Å². The van der Waals surface area contributed by atoms with Gasteiger partial charge in [0, 0.05) is 18.7 Å². The highest BCUT2D eigenvalue weighted by Crippen LogP contribution is 2.27. The van der Waals surface area contributed by atoms with E-state index in [1.807, 2.05) is 23.1 Å². The van der Waals surface area contributed by atoms with E-state index in [0.717, 1.165) is 36.2 Å². The Balaban J connectivity index is 2.08. The van der Waals surface area contributed by atoms with Gasteiger partial charge in [-0.1, -0.05) is 0 Å². The van der Waals surface area contributed by atoms with E-state index in [4.69, 9.17) is 10.5 Å². The minimum absolute atomic E-state index is 0.0927. The molecule has 1 fully saturated rings. The minimum Gasteiger partial charge on any atom is -0.496 e. The van der Waals surface area contributed by atoms with E-state index in [-0.39, 0.29) is 5.91 Å². The predicted octanol–water partition coefficient (Wildman–Crippen LogP) is 2.66. The standard InChI is InChI=1S/C15H21BrN2O2/c1-20-14-5-4-12(9-13(14)16)15(19)18-8-2-3-11(10-18)6-7-17/h4-5,9,11H,2-3,6-8,10,17H2,1H3. The molecule has 4 nitrogen and oxygen atoms in total. The summed E-state index contributed by atoms with van der Waals surface area (Å²) in [6.07, 6.45) is 3.23. The Bertz CT molecular complexity index is 477. The average molecular weight is 341 g/mol. The Morgan fingerprint density at radius 1 is 1.55 bits per heavy atom. The molecule has 0 bridgehead atoms. The molecule has 1 aromatic carbocycles. The van der Waals surface area contributed by atoms with Crippen molar-refractivity contribution in [1.82, 2.24) is 4.90 Å². The van der Waals surface area contributed by atoms with Gasteiger partial charge in [-0.2, -0.15) is 0 Å². The van der Waals surface area contributed by atoms with E-state index in [0.29, 0.717) is 18.0 Å². The molecule has 1 saturated heterocycles. The van der Waals surface area contributed by atoms with Crippen LogP contribution in [0.3, 0.4) is 0 Å². The van der Waals surface area contributed by atoms with Gasteiger partial charge in [0.25, 0.3) is 5.91 Å². The third-order valence-corrected chi connectivity index (χ3v) is 4.40. The maximum atomic E-state index is 12.5. The number of rotatable bonds is 4. The number of ether oxygens (including phenoxy) is 1. The fraction of sp³-hybridized carbons (Fsp3) is 0.533. The van der Waals surface area contributed by atoms with Crippen LogP contribution >= 0.6 is 15.9 Å². The van der Waals surface area contributed by atoms with Crippen molar-refractivity contribution in [3.8, 4) is 5.75 Å². The molecule has 1 atom stereocenters. The fourth-order valence-electron chi connectivity index (χ4n) is 2.70. The van der Waals surface area contributed by atoms with Crippen molar-refractivity contribution in [3.05, 3.63) is 28.2 Å². The van der Waals surface area contributed by atoms with Gasteiger partial charge in [0.15, 0.2) is 0 Å². The lowest BCUT2D eigenvalue weighted by atomic mass is 9.94. The number of carbonyl (C=O) groups excluding carboxylic acids is 1. The number of hydrogen-bond acceptors (Lipinski definition) is 3. The zero-order chi connectivity index (χ0) is 14.5. The summed E-state index contributed by atoms with van der Waals surface area (Å²) in [6, 6.07) is 5.46. The maximum absolute atomic E-state index is 12.5. The first-order valence-corrected chi connectivity index (χ1v) is 7.78. The molecule has 1 unspecified atom stereocenters. The lowest BCUT2D eigenvalue weighted by molar-refractivity contribution is 0.0669. The largest absolute Gasteiger partial charge is 0.496 e. The molecule has 1 aromatic rings. The number of halogens is 1. The van der Waals surface area contributed by atoms with E-state index < -0.39 is 0 Å². The lowest BCUT2D eigenvalue weighted by Crippen LogP contribution is -2.40. The molecular weight excluding hydrogens is 320 g/mol.